The summed E-state index contributed by atoms with van der Waals surface area (Å²) in [7, 11) is 0. The van der Waals surface area contributed by atoms with Crippen LogP contribution in [0.4, 0.5) is 22.7 Å². The molecule has 0 fully saturated rings. The van der Waals surface area contributed by atoms with E-state index in [0.717, 1.165) is 0 Å². The first kappa shape index (κ1) is 12.7. The molecule has 0 amide bonds. The molecule has 0 aliphatic heterocycles. The van der Waals surface area contributed by atoms with Crippen LogP contribution >= 0.6 is 0 Å². The van der Waals surface area contributed by atoms with Crippen molar-refractivity contribution in [1.29, 1.82) is 0 Å². The lowest BCUT2D eigenvalue weighted by molar-refractivity contribution is -0.439. The van der Waals surface area contributed by atoms with E-state index in [1.807, 2.05) is 0 Å². The molecule has 19 heavy (non-hydrogen) atoms. The first-order valence-corrected chi connectivity index (χ1v) is 5.55. The van der Waals surface area contributed by atoms with Gasteiger partial charge in [0.1, 0.15) is 5.69 Å². The maximum absolute atomic E-state index is 11.7. The van der Waals surface area contributed by atoms with Crippen molar-refractivity contribution in [3.8, 4) is 0 Å². The van der Waals surface area contributed by atoms with Crippen molar-refractivity contribution in [3.05, 3.63) is 53.7 Å². The van der Waals surface area contributed by atoms with E-state index in [-0.39, 0.29) is 0 Å². The molecule has 0 radical (unpaired) electrons. The number of hydrogen-bond donors (Lipinski definition) is 4. The summed E-state index contributed by atoms with van der Waals surface area (Å²) in [5.41, 5.74) is 13.1. The molecule has 2 aromatic rings. The predicted molar refractivity (Wildman–Crippen MR) is 74.4 cm³/mol. The summed E-state index contributed by atoms with van der Waals surface area (Å²) in [6.07, 6.45) is 0. The van der Waals surface area contributed by atoms with Gasteiger partial charge in [-0.25, -0.2) is 0 Å². The second-order valence-electron chi connectivity index (χ2n) is 3.80. The molecule has 0 atom stereocenters. The number of nitrogens with two attached hydrogens (primary N) is 2. The minimum atomic E-state index is 0.391. The van der Waals surface area contributed by atoms with Gasteiger partial charge in [0, 0.05) is 11.4 Å². The Hall–Kier alpha value is -2.80. The van der Waals surface area contributed by atoms with Gasteiger partial charge in [0.15, 0.2) is 5.69 Å². The van der Waals surface area contributed by atoms with Gasteiger partial charge in [-0.3, -0.25) is 5.84 Å². The van der Waals surface area contributed by atoms with Crippen LogP contribution in [0.1, 0.15) is 0 Å². The number of anilines is 3. The summed E-state index contributed by atoms with van der Waals surface area (Å²) in [6.45, 7) is 0. The van der Waals surface area contributed by atoms with Crippen LogP contribution in [-0.2, 0) is 0 Å². The Labute approximate surface area is 110 Å². The lowest BCUT2D eigenvalue weighted by atomic mass is 10.3. The summed E-state index contributed by atoms with van der Waals surface area (Å²) in [5.74, 6) is 5.24. The second kappa shape index (κ2) is 5.69. The van der Waals surface area contributed by atoms with Crippen molar-refractivity contribution in [3.63, 3.8) is 0 Å². The number of rotatable bonds is 4. The maximum Gasteiger partial charge on any atom is 0.154 e. The Morgan fingerprint density at radius 3 is 2.11 bits per heavy atom. The number of benzene rings is 2. The Balaban J connectivity index is 2.07. The highest BCUT2D eigenvalue weighted by Crippen LogP contribution is 2.16. The number of nitrogens with zero attached hydrogens (tertiary/aromatic N) is 2. The highest BCUT2D eigenvalue weighted by atomic mass is 16.5. The van der Waals surface area contributed by atoms with E-state index in [9.17, 15) is 5.21 Å². The van der Waals surface area contributed by atoms with Crippen molar-refractivity contribution in [1.82, 2.24) is 0 Å². The van der Waals surface area contributed by atoms with Gasteiger partial charge in [-0.2, -0.15) is 0 Å². The maximum atomic E-state index is 11.7. The molecule has 0 aliphatic carbocycles. The first-order valence-electron chi connectivity index (χ1n) is 5.55. The number of hydrazine groups is 1. The third-order valence-electron chi connectivity index (χ3n) is 2.44. The molecule has 0 saturated heterocycles. The molecule has 0 spiro atoms. The van der Waals surface area contributed by atoms with Crippen molar-refractivity contribution < 1.29 is 4.86 Å². The van der Waals surface area contributed by atoms with Crippen LogP contribution in [-0.4, -0.2) is 4.86 Å². The minimum Gasteiger partial charge on any atom is -0.691 e. The standard InChI is InChI=1S/C12H14N6O/c13-9-1-3-11(4-2-9)16-17-18(19)12-7-5-10(15-14)6-8-12/h1-8,15-16H,13-14H2. The molecule has 6 N–H and O–H groups in total. The average Bonchev–Trinajstić information content (AvgIpc) is 2.46. The van der Waals surface area contributed by atoms with Crippen LogP contribution in [0, 0.1) is 5.21 Å². The fourth-order valence-corrected chi connectivity index (χ4v) is 1.40. The Morgan fingerprint density at radius 1 is 0.947 bits per heavy atom. The van der Waals surface area contributed by atoms with Crippen LogP contribution < -0.4 is 22.4 Å². The molecule has 7 heteroatoms. The van der Waals surface area contributed by atoms with Crippen molar-refractivity contribution in [2.45, 2.75) is 0 Å². The summed E-state index contributed by atoms with van der Waals surface area (Å²) in [4.78, 5) is 0.483. The molecule has 7 nitrogen and oxygen atoms in total. The van der Waals surface area contributed by atoms with E-state index in [1.54, 1.807) is 48.5 Å². The smallest absolute Gasteiger partial charge is 0.154 e. The van der Waals surface area contributed by atoms with Crippen LogP contribution in [0.2, 0.25) is 0 Å². The second-order valence-corrected chi connectivity index (χ2v) is 3.80. The average molecular weight is 258 g/mol. The Bertz CT molecular complexity index is 564. The van der Waals surface area contributed by atoms with E-state index < -0.39 is 0 Å². The van der Waals surface area contributed by atoms with Crippen LogP contribution in [0.3, 0.4) is 0 Å². The molecular formula is C12H14N6O. The van der Waals surface area contributed by atoms with Gasteiger partial charge < -0.3 is 16.4 Å². The fraction of sp³-hybridized carbons (Fsp3) is 0. The molecule has 0 unspecified atom stereocenters. The highest BCUT2D eigenvalue weighted by Gasteiger charge is 1.99. The summed E-state index contributed by atoms with van der Waals surface area (Å²) in [5, 5.41) is 15.4. The van der Waals surface area contributed by atoms with Gasteiger partial charge in [-0.05, 0) is 48.5 Å². The van der Waals surface area contributed by atoms with Gasteiger partial charge in [-0.15, -0.1) is 10.3 Å². The van der Waals surface area contributed by atoms with Crippen LogP contribution in [0.15, 0.2) is 53.8 Å². The van der Waals surface area contributed by atoms with Gasteiger partial charge in [0.25, 0.3) is 0 Å². The van der Waals surface area contributed by atoms with E-state index in [0.29, 0.717) is 27.6 Å². The lowest BCUT2D eigenvalue weighted by Crippen LogP contribution is -2.06. The molecule has 2 rings (SSSR count). The number of nitrogen functional groups attached to an aromatic ring is 2. The molecule has 0 heterocycles. The minimum absolute atomic E-state index is 0.391. The van der Waals surface area contributed by atoms with Gasteiger partial charge >= 0.3 is 0 Å². The topological polar surface area (TPSA) is 115 Å². The Kier molecular flexibility index (Phi) is 3.79. The van der Waals surface area contributed by atoms with E-state index >= 15 is 0 Å². The molecule has 0 aliphatic rings. The zero-order valence-electron chi connectivity index (χ0n) is 10.1. The summed E-state index contributed by atoms with van der Waals surface area (Å²) < 4.78 is 0. The monoisotopic (exact) mass is 258 g/mol. The molecule has 0 bridgehead atoms. The fourth-order valence-electron chi connectivity index (χ4n) is 1.40. The van der Waals surface area contributed by atoms with E-state index in [4.69, 9.17) is 11.6 Å². The SMILES string of the molecule is NNc1ccc([N+]([O-])=NNc2ccc(N)cc2)cc1. The largest absolute Gasteiger partial charge is 0.691 e. The quantitative estimate of drug-likeness (QED) is 0.220. The molecule has 0 aromatic heterocycles. The summed E-state index contributed by atoms with van der Waals surface area (Å²) >= 11 is 0. The molecule has 2 aromatic carbocycles. The van der Waals surface area contributed by atoms with Crippen LogP contribution in [0.5, 0.6) is 0 Å². The summed E-state index contributed by atoms with van der Waals surface area (Å²) in [6, 6.07) is 13.5. The molecule has 98 valence electrons. The van der Waals surface area contributed by atoms with Crippen molar-refractivity contribution in [2.75, 3.05) is 16.6 Å². The molecular weight excluding hydrogens is 244 g/mol. The third-order valence-corrected chi connectivity index (χ3v) is 2.44. The van der Waals surface area contributed by atoms with E-state index in [1.165, 1.54) is 0 Å². The normalized spacial score (nSPS) is 11.1. The Morgan fingerprint density at radius 2 is 1.53 bits per heavy atom. The van der Waals surface area contributed by atoms with Gasteiger partial charge in [0.05, 0.1) is 5.22 Å². The van der Waals surface area contributed by atoms with Gasteiger partial charge in [0.2, 0.25) is 0 Å². The highest BCUT2D eigenvalue weighted by molar-refractivity contribution is 5.50. The molecule has 0 saturated carbocycles. The number of nitrogens with one attached hydrogen (secondary N) is 2. The zero-order chi connectivity index (χ0) is 13.7. The zero-order valence-corrected chi connectivity index (χ0v) is 10.1. The van der Waals surface area contributed by atoms with Crippen molar-refractivity contribution >= 4 is 22.7 Å². The van der Waals surface area contributed by atoms with Crippen molar-refractivity contribution in [2.24, 2.45) is 11.1 Å². The number of hydrogen-bond acceptors (Lipinski definition) is 5. The lowest BCUT2D eigenvalue weighted by Gasteiger charge is -2.06. The van der Waals surface area contributed by atoms with Gasteiger partial charge in [-0.1, -0.05) is 0 Å². The third kappa shape index (κ3) is 3.33. The van der Waals surface area contributed by atoms with E-state index in [2.05, 4.69) is 16.1 Å². The predicted octanol–water partition coefficient (Wildman–Crippen LogP) is 2.18. The van der Waals surface area contributed by atoms with Crippen LogP contribution in [0.25, 0.3) is 0 Å². The first-order chi connectivity index (χ1) is 9.19.